The minimum absolute atomic E-state index is 0.00208. The van der Waals surface area contributed by atoms with Gasteiger partial charge in [0.25, 0.3) is 0 Å². The van der Waals surface area contributed by atoms with Crippen LogP contribution in [-0.4, -0.2) is 43.3 Å². The molecule has 0 aliphatic heterocycles. The summed E-state index contributed by atoms with van der Waals surface area (Å²) in [5.74, 6) is -1.29. The molecule has 0 bridgehead atoms. The predicted octanol–water partition coefficient (Wildman–Crippen LogP) is 5.30. The Morgan fingerprint density at radius 3 is 2.21 bits per heavy atom. The SMILES string of the molecule is COc1ccccc1-c1ccc(C[C@H](NC(=O)C2(S(=O)(=O)c3ccc(Cl)cc3)CCCCC2)C(=O)O)cc1. The van der Waals surface area contributed by atoms with Crippen LogP contribution in [0.4, 0.5) is 0 Å². The number of hydrogen-bond donors (Lipinski definition) is 2. The number of halogens is 1. The fourth-order valence-electron chi connectivity index (χ4n) is 5.01. The van der Waals surface area contributed by atoms with Crippen molar-refractivity contribution >= 4 is 33.3 Å². The van der Waals surface area contributed by atoms with Crippen molar-refractivity contribution in [2.24, 2.45) is 0 Å². The van der Waals surface area contributed by atoms with Gasteiger partial charge in [0.05, 0.1) is 12.0 Å². The van der Waals surface area contributed by atoms with Crippen molar-refractivity contribution in [1.29, 1.82) is 0 Å². The normalized spacial score (nSPS) is 15.8. The van der Waals surface area contributed by atoms with Gasteiger partial charge in [-0.05, 0) is 54.3 Å². The number of carbonyl (C=O) groups excluding carboxylic acids is 1. The molecule has 3 aromatic carbocycles. The van der Waals surface area contributed by atoms with Crippen LogP contribution in [0.1, 0.15) is 37.7 Å². The van der Waals surface area contributed by atoms with Crippen molar-refractivity contribution in [1.82, 2.24) is 5.32 Å². The third-order valence-electron chi connectivity index (χ3n) is 7.13. The number of sulfone groups is 1. The van der Waals surface area contributed by atoms with Gasteiger partial charge in [-0.1, -0.05) is 73.3 Å². The van der Waals surface area contributed by atoms with Crippen LogP contribution in [0.25, 0.3) is 11.1 Å². The standard InChI is InChI=1S/C29H30ClNO6S/c1-37-26-8-4-3-7-24(26)21-11-9-20(10-12-21)19-25(27(32)33)31-28(34)29(17-5-2-6-18-29)38(35,36)23-15-13-22(30)14-16-23/h3-4,7-16,25H,2,5-6,17-19H2,1H3,(H,31,34)(H,32,33)/t25-/m0/s1. The van der Waals surface area contributed by atoms with E-state index in [1.54, 1.807) is 19.2 Å². The van der Waals surface area contributed by atoms with Crippen molar-refractivity contribution < 1.29 is 27.9 Å². The van der Waals surface area contributed by atoms with Crippen LogP contribution in [-0.2, 0) is 25.8 Å². The molecule has 1 atom stereocenters. The maximum atomic E-state index is 13.7. The molecular formula is C29H30ClNO6S. The fourth-order valence-corrected chi connectivity index (χ4v) is 7.21. The Kier molecular flexibility index (Phi) is 8.43. The van der Waals surface area contributed by atoms with Gasteiger partial charge in [0.2, 0.25) is 5.91 Å². The van der Waals surface area contributed by atoms with Crippen molar-refractivity contribution in [3.63, 3.8) is 0 Å². The van der Waals surface area contributed by atoms with E-state index in [0.717, 1.165) is 23.3 Å². The number of ether oxygens (including phenoxy) is 1. The largest absolute Gasteiger partial charge is 0.496 e. The van der Waals surface area contributed by atoms with E-state index < -0.39 is 32.5 Å². The molecule has 2 N–H and O–H groups in total. The molecule has 0 unspecified atom stereocenters. The molecule has 0 heterocycles. The Morgan fingerprint density at radius 2 is 1.61 bits per heavy atom. The molecule has 0 spiro atoms. The monoisotopic (exact) mass is 555 g/mol. The van der Waals surface area contributed by atoms with Gasteiger partial charge in [-0.3, -0.25) is 4.79 Å². The van der Waals surface area contributed by atoms with E-state index in [0.29, 0.717) is 23.4 Å². The summed E-state index contributed by atoms with van der Waals surface area (Å²) in [7, 11) is -2.51. The zero-order valence-electron chi connectivity index (χ0n) is 21.0. The Hall–Kier alpha value is -3.36. The summed E-state index contributed by atoms with van der Waals surface area (Å²) in [5.41, 5.74) is 2.49. The predicted molar refractivity (Wildman–Crippen MR) is 146 cm³/mol. The lowest BCUT2D eigenvalue weighted by molar-refractivity contribution is -0.142. The van der Waals surface area contributed by atoms with Crippen LogP contribution in [0.15, 0.2) is 77.7 Å². The lowest BCUT2D eigenvalue weighted by Gasteiger charge is -2.36. The molecule has 1 saturated carbocycles. The molecule has 1 amide bonds. The Balaban J connectivity index is 1.57. The van der Waals surface area contributed by atoms with Crippen LogP contribution in [0.3, 0.4) is 0 Å². The Morgan fingerprint density at radius 1 is 0.974 bits per heavy atom. The maximum absolute atomic E-state index is 13.7. The first-order chi connectivity index (χ1) is 18.2. The number of para-hydroxylation sites is 1. The maximum Gasteiger partial charge on any atom is 0.326 e. The van der Waals surface area contributed by atoms with Crippen LogP contribution >= 0.6 is 11.6 Å². The molecule has 200 valence electrons. The highest BCUT2D eigenvalue weighted by Crippen LogP contribution is 2.40. The van der Waals surface area contributed by atoms with Crippen LogP contribution in [0.2, 0.25) is 5.02 Å². The molecule has 38 heavy (non-hydrogen) atoms. The summed E-state index contributed by atoms with van der Waals surface area (Å²) in [5, 5.41) is 12.9. The molecule has 0 radical (unpaired) electrons. The molecule has 4 rings (SSSR count). The van der Waals surface area contributed by atoms with Gasteiger partial charge >= 0.3 is 5.97 Å². The van der Waals surface area contributed by atoms with E-state index in [2.05, 4.69) is 5.32 Å². The third-order valence-corrected chi connectivity index (χ3v) is 9.90. The third kappa shape index (κ3) is 5.56. The van der Waals surface area contributed by atoms with Crippen molar-refractivity contribution in [3.05, 3.63) is 83.4 Å². The summed E-state index contributed by atoms with van der Waals surface area (Å²) in [6, 6.07) is 19.3. The number of hydrogen-bond acceptors (Lipinski definition) is 5. The number of rotatable bonds is 9. The van der Waals surface area contributed by atoms with E-state index in [9.17, 15) is 23.1 Å². The Labute approximate surface area is 227 Å². The number of carboxylic acids is 1. The van der Waals surface area contributed by atoms with Gasteiger partial charge in [-0.15, -0.1) is 0 Å². The highest BCUT2D eigenvalue weighted by atomic mass is 35.5. The quantitative estimate of drug-likeness (QED) is 0.370. The van der Waals surface area contributed by atoms with Crippen molar-refractivity contribution in [3.8, 4) is 16.9 Å². The highest BCUT2D eigenvalue weighted by molar-refractivity contribution is 7.93. The topological polar surface area (TPSA) is 110 Å². The average molecular weight is 556 g/mol. The first kappa shape index (κ1) is 27.7. The molecule has 1 fully saturated rings. The number of methoxy groups -OCH3 is 1. The zero-order valence-corrected chi connectivity index (χ0v) is 22.6. The number of amides is 1. The van der Waals surface area contributed by atoms with E-state index >= 15 is 0 Å². The summed E-state index contributed by atoms with van der Waals surface area (Å²) >= 11 is 5.94. The first-order valence-electron chi connectivity index (χ1n) is 12.4. The second-order valence-electron chi connectivity index (χ2n) is 9.48. The molecule has 0 aromatic heterocycles. The lowest BCUT2D eigenvalue weighted by atomic mass is 9.87. The second kappa shape index (κ2) is 11.6. The number of carboxylic acid groups (broad SMARTS) is 1. The van der Waals surface area contributed by atoms with Crippen LogP contribution in [0.5, 0.6) is 5.75 Å². The molecular weight excluding hydrogens is 526 g/mol. The number of aliphatic carboxylic acids is 1. The van der Waals surface area contributed by atoms with Gasteiger partial charge in [-0.25, -0.2) is 13.2 Å². The lowest BCUT2D eigenvalue weighted by Crippen LogP contribution is -2.57. The van der Waals surface area contributed by atoms with Gasteiger partial charge in [0, 0.05) is 17.0 Å². The Bertz CT molecular complexity index is 1400. The summed E-state index contributed by atoms with van der Waals surface area (Å²) in [6.07, 6.45) is 2.19. The minimum atomic E-state index is -4.10. The molecule has 0 saturated heterocycles. The van der Waals surface area contributed by atoms with Gasteiger partial charge in [-0.2, -0.15) is 0 Å². The average Bonchev–Trinajstić information content (AvgIpc) is 2.93. The second-order valence-corrected chi connectivity index (χ2v) is 12.2. The van der Waals surface area contributed by atoms with E-state index in [4.69, 9.17) is 16.3 Å². The van der Waals surface area contributed by atoms with E-state index in [1.807, 2.05) is 36.4 Å². The highest BCUT2D eigenvalue weighted by Gasteiger charge is 2.52. The zero-order chi connectivity index (χ0) is 27.3. The van der Waals surface area contributed by atoms with Gasteiger partial charge in [0.15, 0.2) is 14.6 Å². The minimum Gasteiger partial charge on any atom is -0.496 e. The summed E-state index contributed by atoms with van der Waals surface area (Å²) < 4.78 is 31.2. The summed E-state index contributed by atoms with van der Waals surface area (Å²) in [6.45, 7) is 0. The first-order valence-corrected chi connectivity index (χ1v) is 14.3. The van der Waals surface area contributed by atoms with Crippen LogP contribution in [0, 0.1) is 0 Å². The molecule has 9 heteroatoms. The summed E-state index contributed by atoms with van der Waals surface area (Å²) in [4.78, 5) is 25.8. The van der Waals surface area contributed by atoms with Crippen molar-refractivity contribution in [2.45, 2.75) is 54.2 Å². The number of benzene rings is 3. The smallest absolute Gasteiger partial charge is 0.326 e. The number of carbonyl (C=O) groups is 2. The van der Waals surface area contributed by atoms with Gasteiger partial charge in [0.1, 0.15) is 11.8 Å². The molecule has 1 aliphatic carbocycles. The number of nitrogens with one attached hydrogen (secondary N) is 1. The van der Waals surface area contributed by atoms with E-state index in [-0.39, 0.29) is 24.2 Å². The van der Waals surface area contributed by atoms with Gasteiger partial charge < -0.3 is 15.2 Å². The fraction of sp³-hybridized carbons (Fsp3) is 0.310. The van der Waals surface area contributed by atoms with E-state index in [1.165, 1.54) is 24.3 Å². The molecule has 1 aliphatic rings. The van der Waals surface area contributed by atoms with Crippen molar-refractivity contribution in [2.75, 3.05) is 7.11 Å². The van der Waals surface area contributed by atoms with Crippen LogP contribution < -0.4 is 10.1 Å². The molecule has 3 aromatic rings. The molecule has 7 nitrogen and oxygen atoms in total.